The van der Waals surface area contributed by atoms with Crippen LogP contribution in [-0.4, -0.2) is 57.0 Å². The fraction of sp³-hybridized carbons (Fsp3) is 0.143. The lowest BCUT2D eigenvalue weighted by Gasteiger charge is -2.28. The summed E-state index contributed by atoms with van der Waals surface area (Å²) in [5.41, 5.74) is 5.07. The SMILES string of the molecule is O=C(O)c1ccc(Nc2c(C=Cc3ccc4ccccc4n3)nc3c(N4CCOCC4)ccnn23)cc1. The maximum absolute atomic E-state index is 11.3. The fourth-order valence-corrected chi connectivity index (χ4v) is 4.41. The van der Waals surface area contributed by atoms with E-state index < -0.39 is 5.97 Å². The highest BCUT2D eigenvalue weighted by atomic mass is 16.5. The van der Waals surface area contributed by atoms with E-state index in [0.717, 1.165) is 46.7 Å². The van der Waals surface area contributed by atoms with Crippen LogP contribution in [-0.2, 0) is 4.74 Å². The van der Waals surface area contributed by atoms with Gasteiger partial charge in [-0.15, -0.1) is 0 Å². The number of nitrogens with zero attached hydrogens (tertiary/aromatic N) is 5. The zero-order chi connectivity index (χ0) is 25.2. The summed E-state index contributed by atoms with van der Waals surface area (Å²) in [5, 5.41) is 18.3. The van der Waals surface area contributed by atoms with Crippen LogP contribution in [0.4, 0.5) is 17.2 Å². The normalized spacial score (nSPS) is 14.0. The number of nitrogens with one attached hydrogen (secondary N) is 1. The first-order valence-electron chi connectivity index (χ1n) is 12.0. The van der Waals surface area contributed by atoms with Crippen molar-refractivity contribution in [2.45, 2.75) is 0 Å². The van der Waals surface area contributed by atoms with Gasteiger partial charge in [-0.1, -0.05) is 24.3 Å². The minimum absolute atomic E-state index is 0.221. The Bertz CT molecular complexity index is 1620. The van der Waals surface area contributed by atoms with Gasteiger partial charge in [0.1, 0.15) is 5.69 Å². The molecule has 0 aliphatic carbocycles. The van der Waals surface area contributed by atoms with Crippen LogP contribution in [0.5, 0.6) is 0 Å². The molecule has 2 aromatic carbocycles. The Kier molecular flexibility index (Phi) is 5.95. The van der Waals surface area contributed by atoms with Gasteiger partial charge < -0.3 is 20.1 Å². The van der Waals surface area contributed by atoms with Crippen molar-refractivity contribution >= 4 is 51.9 Å². The Balaban J connectivity index is 1.42. The molecule has 0 bridgehead atoms. The lowest BCUT2D eigenvalue weighted by Crippen LogP contribution is -2.36. The number of hydrogen-bond donors (Lipinski definition) is 2. The predicted molar refractivity (Wildman–Crippen MR) is 143 cm³/mol. The van der Waals surface area contributed by atoms with E-state index in [1.807, 2.05) is 54.6 Å². The summed E-state index contributed by atoms with van der Waals surface area (Å²) in [5.74, 6) is -0.296. The molecule has 5 aromatic rings. The number of aromatic carboxylic acids is 1. The van der Waals surface area contributed by atoms with E-state index in [-0.39, 0.29) is 5.56 Å². The topological polar surface area (TPSA) is 105 Å². The van der Waals surface area contributed by atoms with E-state index in [0.29, 0.717) is 24.7 Å². The van der Waals surface area contributed by atoms with Gasteiger partial charge in [-0.2, -0.15) is 9.61 Å². The maximum Gasteiger partial charge on any atom is 0.335 e. The second-order valence-electron chi connectivity index (χ2n) is 8.67. The molecule has 3 aromatic heterocycles. The Morgan fingerprint density at radius 3 is 2.57 bits per heavy atom. The Morgan fingerprint density at radius 2 is 1.76 bits per heavy atom. The minimum atomic E-state index is -0.968. The van der Waals surface area contributed by atoms with E-state index in [9.17, 15) is 9.90 Å². The highest BCUT2D eigenvalue weighted by molar-refractivity contribution is 5.88. The fourth-order valence-electron chi connectivity index (χ4n) is 4.41. The number of morpholine rings is 1. The van der Waals surface area contributed by atoms with Crippen LogP contribution in [0.1, 0.15) is 21.7 Å². The van der Waals surface area contributed by atoms with Gasteiger partial charge >= 0.3 is 5.97 Å². The largest absolute Gasteiger partial charge is 0.478 e. The summed E-state index contributed by atoms with van der Waals surface area (Å²) in [6, 6.07) is 20.6. The van der Waals surface area contributed by atoms with Gasteiger partial charge in [0.05, 0.1) is 41.9 Å². The highest BCUT2D eigenvalue weighted by Gasteiger charge is 2.20. The van der Waals surface area contributed by atoms with Crippen molar-refractivity contribution in [3.8, 4) is 0 Å². The average Bonchev–Trinajstić information content (AvgIpc) is 3.29. The molecular weight excluding hydrogens is 468 g/mol. The summed E-state index contributed by atoms with van der Waals surface area (Å²) in [7, 11) is 0. The van der Waals surface area contributed by atoms with Crippen molar-refractivity contribution in [2.24, 2.45) is 0 Å². The van der Waals surface area contributed by atoms with Gasteiger partial charge in [-0.05, 0) is 54.6 Å². The van der Waals surface area contributed by atoms with Crippen LogP contribution < -0.4 is 10.2 Å². The molecule has 2 N–H and O–H groups in total. The Morgan fingerprint density at radius 1 is 0.946 bits per heavy atom. The summed E-state index contributed by atoms with van der Waals surface area (Å²) < 4.78 is 7.31. The molecule has 184 valence electrons. The smallest absolute Gasteiger partial charge is 0.335 e. The van der Waals surface area contributed by atoms with E-state index in [1.54, 1.807) is 35.0 Å². The number of anilines is 3. The predicted octanol–water partition coefficient (Wildman–Crippen LogP) is 4.73. The van der Waals surface area contributed by atoms with Crippen LogP contribution in [0.15, 0.2) is 72.9 Å². The second kappa shape index (κ2) is 9.71. The Hall–Kier alpha value is -4.76. The summed E-state index contributed by atoms with van der Waals surface area (Å²) in [6.07, 6.45) is 5.61. The van der Waals surface area contributed by atoms with Crippen LogP contribution in [0, 0.1) is 0 Å². The molecule has 0 amide bonds. The number of carboxylic acids is 1. The molecule has 1 aliphatic heterocycles. The molecule has 0 unspecified atom stereocenters. The van der Waals surface area contributed by atoms with Gasteiger partial charge in [0.2, 0.25) is 0 Å². The number of pyridine rings is 1. The van der Waals surface area contributed by atoms with E-state index >= 15 is 0 Å². The van der Waals surface area contributed by atoms with E-state index in [1.165, 1.54) is 0 Å². The standard InChI is InChI=1S/C28H24N6O3/c35-28(36)20-6-9-22(10-7-20)31-26-24(12-11-21-8-5-19-3-1-2-4-23(19)30-21)32-27-25(13-14-29-34(26)27)33-15-17-37-18-16-33/h1-14,31H,15-18H2,(H,35,36). The third-order valence-electron chi connectivity index (χ3n) is 6.30. The van der Waals surface area contributed by atoms with Crippen molar-refractivity contribution in [3.63, 3.8) is 0 Å². The van der Waals surface area contributed by atoms with Crippen molar-refractivity contribution < 1.29 is 14.6 Å². The quantitative estimate of drug-likeness (QED) is 0.351. The molecule has 1 aliphatic rings. The van der Waals surface area contributed by atoms with Gasteiger partial charge in [-0.3, -0.25) is 0 Å². The molecule has 37 heavy (non-hydrogen) atoms. The number of carboxylic acid groups (broad SMARTS) is 1. The minimum Gasteiger partial charge on any atom is -0.478 e. The monoisotopic (exact) mass is 492 g/mol. The number of fused-ring (bicyclic) bond motifs is 2. The highest BCUT2D eigenvalue weighted by Crippen LogP contribution is 2.29. The summed E-state index contributed by atoms with van der Waals surface area (Å²) >= 11 is 0. The first-order valence-corrected chi connectivity index (χ1v) is 12.0. The van der Waals surface area contributed by atoms with Gasteiger partial charge in [0.25, 0.3) is 0 Å². The molecule has 9 heteroatoms. The lowest BCUT2D eigenvalue weighted by molar-refractivity contribution is 0.0697. The molecule has 1 saturated heterocycles. The van der Waals surface area contributed by atoms with E-state index in [4.69, 9.17) is 14.7 Å². The first kappa shape index (κ1) is 22.7. The molecule has 0 radical (unpaired) electrons. The number of aromatic nitrogens is 4. The lowest BCUT2D eigenvalue weighted by atomic mass is 10.2. The van der Waals surface area contributed by atoms with Crippen molar-refractivity contribution in [1.29, 1.82) is 0 Å². The van der Waals surface area contributed by atoms with Crippen LogP contribution in [0.25, 0.3) is 28.7 Å². The number of rotatable bonds is 6. The number of hydrogen-bond acceptors (Lipinski definition) is 7. The number of para-hydroxylation sites is 1. The van der Waals surface area contributed by atoms with Gasteiger partial charge in [0.15, 0.2) is 11.5 Å². The first-order chi connectivity index (χ1) is 18.2. The van der Waals surface area contributed by atoms with Crippen LogP contribution in [0.2, 0.25) is 0 Å². The van der Waals surface area contributed by atoms with E-state index in [2.05, 4.69) is 15.3 Å². The van der Waals surface area contributed by atoms with Gasteiger partial charge in [-0.25, -0.2) is 14.8 Å². The van der Waals surface area contributed by atoms with Crippen LogP contribution >= 0.6 is 0 Å². The molecule has 9 nitrogen and oxygen atoms in total. The second-order valence-corrected chi connectivity index (χ2v) is 8.67. The van der Waals surface area contributed by atoms with Gasteiger partial charge in [0, 0.05) is 24.2 Å². The molecule has 0 atom stereocenters. The molecular formula is C28H24N6O3. The zero-order valence-electron chi connectivity index (χ0n) is 19.9. The number of carbonyl (C=O) groups is 1. The number of benzene rings is 2. The summed E-state index contributed by atoms with van der Waals surface area (Å²) in [6.45, 7) is 2.88. The number of ether oxygens (including phenoxy) is 1. The molecule has 0 saturated carbocycles. The number of imidazole rings is 1. The average molecular weight is 493 g/mol. The molecule has 4 heterocycles. The van der Waals surface area contributed by atoms with Crippen molar-refractivity contribution in [1.82, 2.24) is 19.6 Å². The third-order valence-corrected chi connectivity index (χ3v) is 6.30. The Labute approximate surface area is 212 Å². The molecule has 6 rings (SSSR count). The zero-order valence-corrected chi connectivity index (χ0v) is 19.9. The molecule has 1 fully saturated rings. The third kappa shape index (κ3) is 4.60. The van der Waals surface area contributed by atoms with Crippen LogP contribution in [0.3, 0.4) is 0 Å². The van der Waals surface area contributed by atoms with Crippen molar-refractivity contribution in [3.05, 3.63) is 89.9 Å². The van der Waals surface area contributed by atoms with Crippen molar-refractivity contribution in [2.75, 3.05) is 36.5 Å². The maximum atomic E-state index is 11.3. The molecule has 0 spiro atoms. The summed E-state index contributed by atoms with van der Waals surface area (Å²) in [4.78, 5) is 23.2.